The molecule has 2 N–H and O–H groups in total. The summed E-state index contributed by atoms with van der Waals surface area (Å²) in [5.41, 5.74) is -0.359. The highest BCUT2D eigenvalue weighted by Crippen LogP contribution is 2.23. The second-order valence-electron chi connectivity index (χ2n) is 5.26. The normalized spacial score (nSPS) is 12.4. The van der Waals surface area contributed by atoms with E-state index in [1.54, 1.807) is 0 Å². The molecular formula is C16H11F2N3O4. The summed E-state index contributed by atoms with van der Waals surface area (Å²) in [6.07, 6.45) is 0.466. The van der Waals surface area contributed by atoms with Crippen LogP contribution in [-0.2, 0) is 4.79 Å². The van der Waals surface area contributed by atoms with Crippen molar-refractivity contribution in [1.82, 2.24) is 14.6 Å². The van der Waals surface area contributed by atoms with Crippen molar-refractivity contribution < 1.29 is 23.8 Å². The maximum Gasteiger partial charge on any atom is 0.303 e. The van der Waals surface area contributed by atoms with Crippen molar-refractivity contribution in [3.8, 4) is 11.1 Å². The molecule has 1 aromatic carbocycles. The number of carbonyl (C=O) groups is 1. The number of halogens is 2. The van der Waals surface area contributed by atoms with Crippen molar-refractivity contribution in [2.24, 2.45) is 0 Å². The van der Waals surface area contributed by atoms with Crippen molar-refractivity contribution in [3.63, 3.8) is 0 Å². The Kier molecular flexibility index (Phi) is 4.14. The molecule has 0 aliphatic carbocycles. The average molecular weight is 347 g/mol. The van der Waals surface area contributed by atoms with Crippen LogP contribution in [0.2, 0.25) is 0 Å². The SMILES string of the molecule is O=C(O)CC/C(O)=c1\c(=O)cc(-c2cc(F)cc(F)c2)c2ncnn12. The number of carboxylic acid groups (broad SMARTS) is 1. The molecule has 0 radical (unpaired) electrons. The van der Waals surface area contributed by atoms with Gasteiger partial charge < -0.3 is 10.2 Å². The molecule has 7 nitrogen and oxygen atoms in total. The van der Waals surface area contributed by atoms with Gasteiger partial charge in [0, 0.05) is 18.1 Å². The van der Waals surface area contributed by atoms with Crippen LogP contribution in [0.1, 0.15) is 12.8 Å². The summed E-state index contributed by atoms with van der Waals surface area (Å²) in [6, 6.07) is 3.85. The number of pyridine rings is 1. The molecule has 0 atom stereocenters. The Labute approximate surface area is 138 Å². The monoisotopic (exact) mass is 347 g/mol. The van der Waals surface area contributed by atoms with Crippen LogP contribution in [0.15, 0.2) is 35.4 Å². The Morgan fingerprint density at radius 1 is 1.08 bits per heavy atom. The molecule has 25 heavy (non-hydrogen) atoms. The fourth-order valence-corrected chi connectivity index (χ4v) is 2.49. The number of aliphatic hydroxyl groups is 1. The first kappa shape index (κ1) is 16.5. The molecule has 0 amide bonds. The zero-order chi connectivity index (χ0) is 18.1. The molecule has 0 saturated carbocycles. The number of rotatable bonds is 4. The van der Waals surface area contributed by atoms with Gasteiger partial charge in [0.25, 0.3) is 0 Å². The number of benzene rings is 1. The van der Waals surface area contributed by atoms with Crippen LogP contribution < -0.4 is 10.8 Å². The van der Waals surface area contributed by atoms with Gasteiger partial charge in [0.15, 0.2) is 11.0 Å². The number of hydrogen-bond donors (Lipinski definition) is 2. The largest absolute Gasteiger partial charge is 0.510 e. The maximum absolute atomic E-state index is 13.5. The zero-order valence-corrected chi connectivity index (χ0v) is 12.6. The number of carboxylic acids is 1. The summed E-state index contributed by atoms with van der Waals surface area (Å²) in [6.45, 7) is 0. The fraction of sp³-hybridized carbons (Fsp3) is 0.125. The van der Waals surface area contributed by atoms with Crippen LogP contribution in [0.3, 0.4) is 0 Å². The van der Waals surface area contributed by atoms with Crippen molar-refractivity contribution in [2.45, 2.75) is 12.8 Å². The quantitative estimate of drug-likeness (QED) is 0.737. The molecule has 0 aliphatic rings. The van der Waals surface area contributed by atoms with E-state index in [1.807, 2.05) is 0 Å². The second-order valence-corrected chi connectivity index (χ2v) is 5.26. The van der Waals surface area contributed by atoms with Gasteiger partial charge in [-0.15, -0.1) is 0 Å². The summed E-state index contributed by atoms with van der Waals surface area (Å²) < 4.78 is 28.0. The minimum absolute atomic E-state index is 0.0872. The van der Waals surface area contributed by atoms with Gasteiger partial charge >= 0.3 is 5.97 Å². The summed E-state index contributed by atoms with van der Waals surface area (Å²) in [4.78, 5) is 27.0. The molecule has 2 heterocycles. The van der Waals surface area contributed by atoms with Crippen LogP contribution >= 0.6 is 0 Å². The van der Waals surface area contributed by atoms with Gasteiger partial charge in [-0.2, -0.15) is 5.10 Å². The Balaban J connectivity index is 2.28. The van der Waals surface area contributed by atoms with E-state index in [4.69, 9.17) is 5.11 Å². The number of fused-ring (bicyclic) bond motifs is 1. The number of aliphatic hydroxyl groups excluding tert-OH is 1. The highest BCUT2D eigenvalue weighted by molar-refractivity contribution is 5.77. The van der Waals surface area contributed by atoms with Gasteiger partial charge in [0.1, 0.15) is 23.7 Å². The smallest absolute Gasteiger partial charge is 0.303 e. The average Bonchev–Trinajstić information content (AvgIpc) is 2.99. The molecule has 0 spiro atoms. The molecule has 2 aromatic heterocycles. The van der Waals surface area contributed by atoms with Crippen molar-refractivity contribution >= 4 is 17.4 Å². The lowest BCUT2D eigenvalue weighted by molar-refractivity contribution is -0.136. The molecule has 0 unspecified atom stereocenters. The molecule has 128 valence electrons. The van der Waals surface area contributed by atoms with Gasteiger partial charge in [-0.25, -0.2) is 18.3 Å². The van der Waals surface area contributed by atoms with Crippen LogP contribution in [0.5, 0.6) is 0 Å². The lowest BCUT2D eigenvalue weighted by atomic mass is 10.1. The first-order valence-corrected chi connectivity index (χ1v) is 7.14. The van der Waals surface area contributed by atoms with Crippen LogP contribution in [0.4, 0.5) is 8.78 Å². The molecule has 0 bridgehead atoms. The summed E-state index contributed by atoms with van der Waals surface area (Å²) in [7, 11) is 0. The third-order valence-electron chi connectivity index (χ3n) is 3.53. The van der Waals surface area contributed by atoms with Gasteiger partial charge in [0.2, 0.25) is 5.43 Å². The van der Waals surface area contributed by atoms with Gasteiger partial charge in [-0.3, -0.25) is 9.59 Å². The lowest BCUT2D eigenvalue weighted by Crippen LogP contribution is -2.34. The summed E-state index contributed by atoms with van der Waals surface area (Å²) in [5.74, 6) is -3.24. The number of nitrogens with zero attached hydrogens (tertiary/aromatic N) is 3. The van der Waals surface area contributed by atoms with E-state index in [0.29, 0.717) is 6.07 Å². The van der Waals surface area contributed by atoms with Gasteiger partial charge in [-0.05, 0) is 23.8 Å². The van der Waals surface area contributed by atoms with E-state index in [2.05, 4.69) is 10.1 Å². The topological polar surface area (TPSA) is 105 Å². The van der Waals surface area contributed by atoms with Crippen molar-refractivity contribution in [3.05, 3.63) is 57.8 Å². The Bertz CT molecular complexity index is 1070. The Hall–Kier alpha value is -3.36. The first-order chi connectivity index (χ1) is 11.9. The number of aliphatic carboxylic acids is 1. The molecular weight excluding hydrogens is 336 g/mol. The van der Waals surface area contributed by atoms with E-state index >= 15 is 0 Å². The Morgan fingerprint density at radius 3 is 2.40 bits per heavy atom. The van der Waals surface area contributed by atoms with Gasteiger partial charge in [-0.1, -0.05) is 0 Å². The van der Waals surface area contributed by atoms with Crippen LogP contribution in [0, 0.1) is 11.6 Å². The molecule has 0 fully saturated rings. The summed E-state index contributed by atoms with van der Waals surface area (Å²) in [5, 5.41) is 22.4. The first-order valence-electron chi connectivity index (χ1n) is 7.14. The fourth-order valence-electron chi connectivity index (χ4n) is 2.49. The van der Waals surface area contributed by atoms with E-state index in [-0.39, 0.29) is 35.0 Å². The van der Waals surface area contributed by atoms with E-state index in [9.17, 15) is 23.5 Å². The number of hydrogen-bond acceptors (Lipinski definition) is 5. The summed E-state index contributed by atoms with van der Waals surface area (Å²) >= 11 is 0. The molecule has 0 aliphatic heterocycles. The minimum Gasteiger partial charge on any atom is -0.510 e. The van der Waals surface area contributed by atoms with E-state index in [0.717, 1.165) is 29.0 Å². The second kappa shape index (κ2) is 6.27. The van der Waals surface area contributed by atoms with Gasteiger partial charge in [0.05, 0.1) is 6.42 Å². The molecule has 3 rings (SSSR count). The molecule has 0 saturated heterocycles. The Morgan fingerprint density at radius 2 is 1.76 bits per heavy atom. The van der Waals surface area contributed by atoms with Crippen molar-refractivity contribution in [1.29, 1.82) is 0 Å². The third kappa shape index (κ3) is 3.16. The molecule has 9 heteroatoms. The standard InChI is InChI=1S/C16H11F2N3O4/c17-9-3-8(4-10(18)5-9)11-6-13(23)15(12(22)1-2-14(24)25)21-16(11)19-7-20-21/h3-7,22H,1-2H2,(H,24,25)/b15-12-. The maximum atomic E-state index is 13.5. The highest BCUT2D eigenvalue weighted by Gasteiger charge is 2.15. The zero-order valence-electron chi connectivity index (χ0n) is 12.6. The highest BCUT2D eigenvalue weighted by atomic mass is 19.1. The lowest BCUT2D eigenvalue weighted by Gasteiger charge is -2.05. The molecule has 3 aromatic rings. The minimum atomic E-state index is -1.14. The predicted octanol–water partition coefficient (Wildman–Crippen LogP) is 1.28. The third-order valence-corrected chi connectivity index (χ3v) is 3.53. The van der Waals surface area contributed by atoms with E-state index in [1.165, 1.54) is 0 Å². The van der Waals surface area contributed by atoms with Crippen LogP contribution in [0.25, 0.3) is 22.5 Å². The van der Waals surface area contributed by atoms with Crippen LogP contribution in [-0.4, -0.2) is 30.8 Å². The predicted molar refractivity (Wildman–Crippen MR) is 82.7 cm³/mol. The van der Waals surface area contributed by atoms with Crippen molar-refractivity contribution in [2.75, 3.05) is 0 Å². The van der Waals surface area contributed by atoms with E-state index < -0.39 is 28.8 Å². The number of aromatic nitrogens is 3.